The maximum Gasteiger partial charge on any atom is 0.222 e. The molecule has 1 amide bonds. The number of aromatic nitrogens is 2. The summed E-state index contributed by atoms with van der Waals surface area (Å²) >= 11 is 1.71. The smallest absolute Gasteiger partial charge is 0.222 e. The number of hydrogen-bond donors (Lipinski definition) is 0. The Morgan fingerprint density at radius 1 is 1.26 bits per heavy atom. The summed E-state index contributed by atoms with van der Waals surface area (Å²) in [6.07, 6.45) is 6.83. The fraction of sp³-hybridized carbons (Fsp3) is 0.588. The lowest BCUT2D eigenvalue weighted by Gasteiger charge is -2.35. The number of hydrogen-bond acceptors (Lipinski definition) is 5. The van der Waals surface area contributed by atoms with Crippen LogP contribution >= 0.6 is 11.3 Å². The van der Waals surface area contributed by atoms with Crippen LogP contribution in [0.1, 0.15) is 39.0 Å². The number of nitrogens with zero attached hydrogens (tertiary/aromatic N) is 4. The van der Waals surface area contributed by atoms with Crippen molar-refractivity contribution in [1.29, 1.82) is 0 Å². The van der Waals surface area contributed by atoms with Crippen LogP contribution in [0.4, 0.5) is 5.82 Å². The molecule has 2 aromatic rings. The lowest BCUT2D eigenvalue weighted by Crippen LogP contribution is -2.48. The second kappa shape index (κ2) is 6.07. The van der Waals surface area contributed by atoms with E-state index >= 15 is 0 Å². The highest BCUT2D eigenvalue weighted by atomic mass is 32.1. The summed E-state index contributed by atoms with van der Waals surface area (Å²) in [5.74, 6) is 1.35. The van der Waals surface area contributed by atoms with E-state index in [9.17, 15) is 4.79 Å². The summed E-state index contributed by atoms with van der Waals surface area (Å²) in [4.78, 5) is 25.8. The fourth-order valence-electron chi connectivity index (χ4n) is 4.14. The average molecular weight is 330 g/mol. The van der Waals surface area contributed by atoms with Crippen molar-refractivity contribution in [2.75, 3.05) is 18.0 Å². The van der Waals surface area contributed by atoms with E-state index in [0.717, 1.165) is 43.7 Å². The van der Waals surface area contributed by atoms with E-state index < -0.39 is 0 Å². The zero-order valence-corrected chi connectivity index (χ0v) is 14.3. The van der Waals surface area contributed by atoms with Crippen molar-refractivity contribution >= 4 is 33.3 Å². The molecule has 2 aliphatic heterocycles. The predicted molar refractivity (Wildman–Crippen MR) is 92.8 cm³/mol. The van der Waals surface area contributed by atoms with Gasteiger partial charge in [-0.2, -0.15) is 0 Å². The third kappa shape index (κ3) is 2.49. The van der Waals surface area contributed by atoms with E-state index in [2.05, 4.69) is 31.2 Å². The molecule has 0 bridgehead atoms. The van der Waals surface area contributed by atoms with Crippen LogP contribution in [-0.2, 0) is 4.79 Å². The summed E-state index contributed by atoms with van der Waals surface area (Å²) in [5.41, 5.74) is 1.03. The van der Waals surface area contributed by atoms with Crippen molar-refractivity contribution in [3.05, 3.63) is 17.8 Å². The monoisotopic (exact) mass is 330 g/mol. The maximum atomic E-state index is 12.3. The standard InChI is InChI=1S/C17H22N4OS/c1-2-15(22)20-8-3-5-13(20)14-6-4-9-21(14)17-16-12(7-10-23-16)18-11-19-17/h7,10-11,13-14H,2-6,8-9H2,1H3. The van der Waals surface area contributed by atoms with Gasteiger partial charge in [0.1, 0.15) is 12.1 Å². The third-order valence-corrected chi connectivity index (χ3v) is 6.06. The Balaban J connectivity index is 1.67. The van der Waals surface area contributed by atoms with Crippen LogP contribution in [0.5, 0.6) is 0 Å². The molecule has 5 nitrogen and oxygen atoms in total. The minimum Gasteiger partial charge on any atom is -0.350 e. The van der Waals surface area contributed by atoms with Crippen LogP contribution < -0.4 is 4.90 Å². The molecule has 0 aromatic carbocycles. The van der Waals surface area contributed by atoms with Gasteiger partial charge in [-0.3, -0.25) is 4.79 Å². The molecule has 4 rings (SSSR count). The first kappa shape index (κ1) is 14.9. The van der Waals surface area contributed by atoms with E-state index in [0.29, 0.717) is 24.4 Å². The first-order chi connectivity index (χ1) is 11.3. The van der Waals surface area contributed by atoms with Crippen molar-refractivity contribution in [2.45, 2.75) is 51.1 Å². The fourth-order valence-corrected chi connectivity index (χ4v) is 4.99. The molecule has 0 aliphatic carbocycles. The van der Waals surface area contributed by atoms with E-state index in [1.54, 1.807) is 17.7 Å². The van der Waals surface area contributed by atoms with Crippen molar-refractivity contribution in [2.24, 2.45) is 0 Å². The number of thiophene rings is 1. The molecule has 2 atom stereocenters. The SMILES string of the molecule is CCC(=O)N1CCCC1C1CCCN1c1ncnc2ccsc12. The lowest BCUT2D eigenvalue weighted by molar-refractivity contribution is -0.132. The lowest BCUT2D eigenvalue weighted by atomic mass is 10.0. The zero-order valence-electron chi connectivity index (χ0n) is 13.4. The predicted octanol–water partition coefficient (Wildman–Crippen LogP) is 3.06. The van der Waals surface area contributed by atoms with E-state index in [-0.39, 0.29) is 0 Å². The molecule has 0 saturated carbocycles. The Hall–Kier alpha value is -1.69. The molecule has 2 fully saturated rings. The average Bonchev–Trinajstić information content (AvgIpc) is 3.31. The van der Waals surface area contributed by atoms with Crippen LogP contribution in [0.3, 0.4) is 0 Å². The summed E-state index contributed by atoms with van der Waals surface area (Å²) in [6, 6.07) is 2.79. The number of carbonyl (C=O) groups is 1. The van der Waals surface area contributed by atoms with Crippen LogP contribution in [0, 0.1) is 0 Å². The Morgan fingerprint density at radius 3 is 2.96 bits per heavy atom. The first-order valence-corrected chi connectivity index (χ1v) is 9.42. The number of rotatable bonds is 3. The van der Waals surface area contributed by atoms with Gasteiger partial charge in [-0.1, -0.05) is 6.92 Å². The Labute approximate surface area is 140 Å². The van der Waals surface area contributed by atoms with Gasteiger partial charge in [-0.05, 0) is 37.1 Å². The largest absolute Gasteiger partial charge is 0.350 e. The van der Waals surface area contributed by atoms with Crippen molar-refractivity contribution < 1.29 is 4.79 Å². The van der Waals surface area contributed by atoms with E-state index in [4.69, 9.17) is 0 Å². The molecule has 23 heavy (non-hydrogen) atoms. The number of likely N-dealkylation sites (tertiary alicyclic amines) is 1. The Bertz CT molecular complexity index is 715. The van der Waals surface area contributed by atoms with Crippen molar-refractivity contribution in [1.82, 2.24) is 14.9 Å². The van der Waals surface area contributed by atoms with Gasteiger partial charge in [0.05, 0.1) is 22.3 Å². The highest BCUT2D eigenvalue weighted by Gasteiger charge is 2.40. The second-order valence-corrected chi connectivity index (χ2v) is 7.30. The molecule has 0 N–H and O–H groups in total. The highest BCUT2D eigenvalue weighted by molar-refractivity contribution is 7.17. The molecular weight excluding hydrogens is 308 g/mol. The molecule has 0 spiro atoms. The number of anilines is 1. The van der Waals surface area contributed by atoms with Gasteiger partial charge < -0.3 is 9.80 Å². The van der Waals surface area contributed by atoms with Gasteiger partial charge in [-0.25, -0.2) is 9.97 Å². The van der Waals surface area contributed by atoms with Gasteiger partial charge in [0.25, 0.3) is 0 Å². The molecule has 2 unspecified atom stereocenters. The summed E-state index contributed by atoms with van der Waals surface area (Å²) in [5, 5.41) is 2.08. The van der Waals surface area contributed by atoms with Gasteiger partial charge >= 0.3 is 0 Å². The van der Waals surface area contributed by atoms with Crippen LogP contribution in [0.2, 0.25) is 0 Å². The minimum atomic E-state index is 0.295. The summed E-state index contributed by atoms with van der Waals surface area (Å²) in [7, 11) is 0. The number of amides is 1. The maximum absolute atomic E-state index is 12.3. The topological polar surface area (TPSA) is 49.3 Å². The Morgan fingerprint density at radius 2 is 2.09 bits per heavy atom. The highest BCUT2D eigenvalue weighted by Crippen LogP contribution is 2.36. The molecular formula is C17H22N4OS. The third-order valence-electron chi connectivity index (χ3n) is 5.16. The normalized spacial score (nSPS) is 24.7. The molecule has 0 radical (unpaired) electrons. The quantitative estimate of drug-likeness (QED) is 0.868. The molecule has 4 heterocycles. The Kier molecular flexibility index (Phi) is 3.93. The van der Waals surface area contributed by atoms with Gasteiger partial charge in [0.2, 0.25) is 5.91 Å². The number of fused-ring (bicyclic) bond motifs is 1. The van der Waals surface area contributed by atoms with Crippen LogP contribution in [0.25, 0.3) is 10.2 Å². The summed E-state index contributed by atoms with van der Waals surface area (Å²) in [6.45, 7) is 3.91. The molecule has 6 heteroatoms. The van der Waals surface area contributed by atoms with Gasteiger partial charge in [0.15, 0.2) is 0 Å². The number of carbonyl (C=O) groups excluding carboxylic acids is 1. The second-order valence-electron chi connectivity index (χ2n) is 6.39. The first-order valence-electron chi connectivity index (χ1n) is 8.54. The van der Waals surface area contributed by atoms with E-state index in [1.165, 1.54) is 11.1 Å². The van der Waals surface area contributed by atoms with Crippen molar-refractivity contribution in [3.8, 4) is 0 Å². The molecule has 2 aromatic heterocycles. The van der Waals surface area contributed by atoms with Crippen LogP contribution in [0.15, 0.2) is 17.8 Å². The zero-order chi connectivity index (χ0) is 15.8. The molecule has 2 aliphatic rings. The van der Waals surface area contributed by atoms with Gasteiger partial charge in [-0.15, -0.1) is 11.3 Å². The van der Waals surface area contributed by atoms with E-state index in [1.807, 2.05) is 6.92 Å². The molecule has 2 saturated heterocycles. The van der Waals surface area contributed by atoms with Crippen LogP contribution in [-0.4, -0.2) is 45.9 Å². The van der Waals surface area contributed by atoms with Crippen molar-refractivity contribution in [3.63, 3.8) is 0 Å². The summed E-state index contributed by atoms with van der Waals surface area (Å²) < 4.78 is 1.17. The minimum absolute atomic E-state index is 0.295. The van der Waals surface area contributed by atoms with Gasteiger partial charge in [0, 0.05) is 19.5 Å². The molecule has 122 valence electrons.